The molecule has 4 aliphatic carbocycles. The van der Waals surface area contributed by atoms with Gasteiger partial charge in [0, 0.05) is 56.5 Å². The number of methoxy groups -OCH3 is 1. The zero-order valence-corrected chi connectivity index (χ0v) is 24.3. The van der Waals surface area contributed by atoms with Gasteiger partial charge in [-0.2, -0.15) is 0 Å². The molecular weight excluding hydrogens is 512 g/mol. The zero-order valence-electron chi connectivity index (χ0n) is 24.3. The van der Waals surface area contributed by atoms with E-state index in [4.69, 9.17) is 4.74 Å². The Morgan fingerprint density at radius 2 is 1.82 bits per heavy atom. The van der Waals surface area contributed by atoms with Crippen LogP contribution in [0.2, 0.25) is 0 Å². The van der Waals surface area contributed by atoms with Crippen LogP contribution in [0.1, 0.15) is 85.0 Å². The van der Waals surface area contributed by atoms with Crippen molar-refractivity contribution in [3.63, 3.8) is 0 Å². The van der Waals surface area contributed by atoms with Crippen molar-refractivity contribution in [2.45, 2.75) is 91.0 Å². The molecule has 5 aliphatic rings. The molecule has 5 fully saturated rings. The van der Waals surface area contributed by atoms with Crippen LogP contribution in [0.3, 0.4) is 0 Å². The molecule has 0 spiro atoms. The first-order valence-corrected chi connectivity index (χ1v) is 15.1. The third-order valence-corrected chi connectivity index (χ3v) is 12.0. The van der Waals surface area contributed by atoms with Crippen LogP contribution in [0.5, 0.6) is 0 Å². The van der Waals surface area contributed by atoms with Crippen LogP contribution >= 0.6 is 0 Å². The molecule has 5 rings (SSSR count). The first-order valence-electron chi connectivity index (χ1n) is 15.1. The Labute approximate surface area is 236 Å². The number of carbonyl (C=O) groups excluding carboxylic acids is 6. The van der Waals surface area contributed by atoms with Gasteiger partial charge < -0.3 is 15.0 Å². The summed E-state index contributed by atoms with van der Waals surface area (Å²) < 4.78 is 4.72. The standard InChI is InChI=1S/C31H44N2O7/c1-17(5-8-26(37)33-12-11-32-29(39)23(33)16-27(38)40-4)20-6-7-21-28-22(15-25(36)31(20,21)3)30(2)10-9-19(34)13-18(30)14-24(28)35/h17-18,20-23,28H,5-16H2,1-4H3,(H,32,39)/t17-,18+,20?,21+,22+,23?,28+,30+,31-/m1/s1. The molecule has 9 nitrogen and oxygen atoms in total. The molecule has 9 heteroatoms. The van der Waals surface area contributed by atoms with E-state index < -0.39 is 17.4 Å². The van der Waals surface area contributed by atoms with E-state index in [1.807, 2.05) is 0 Å². The Hall–Kier alpha value is -2.58. The second-order valence-corrected chi connectivity index (χ2v) is 13.6. The van der Waals surface area contributed by atoms with Crippen molar-refractivity contribution in [3.05, 3.63) is 0 Å². The van der Waals surface area contributed by atoms with E-state index >= 15 is 0 Å². The molecule has 1 N–H and O–H groups in total. The van der Waals surface area contributed by atoms with E-state index in [9.17, 15) is 28.8 Å². The average molecular weight is 557 g/mol. The maximum absolute atomic E-state index is 14.0. The SMILES string of the molecule is COC(=O)CC1C(=O)NCCN1C(=O)CC[C@@H](C)C1CC[C@H]2[C@@H]3C(=O)C[C@@H]4CC(=O)CC[C@]4(C)[C@H]3CC(=O)[C@]12C. The Bertz CT molecular complexity index is 1120. The summed E-state index contributed by atoms with van der Waals surface area (Å²) in [5.41, 5.74) is -0.730. The largest absolute Gasteiger partial charge is 0.469 e. The normalized spacial score (nSPS) is 40.0. The van der Waals surface area contributed by atoms with Crippen LogP contribution in [0, 0.1) is 46.3 Å². The van der Waals surface area contributed by atoms with Gasteiger partial charge in [0.1, 0.15) is 23.4 Å². The number of hydrogen-bond donors (Lipinski definition) is 1. The number of amides is 2. The number of nitrogens with one attached hydrogen (secondary N) is 1. The van der Waals surface area contributed by atoms with Crippen molar-refractivity contribution in [3.8, 4) is 0 Å². The number of Topliss-reactive ketones (excluding diaryl/α,β-unsaturated/α-hetero) is 3. The molecule has 1 heterocycles. The van der Waals surface area contributed by atoms with Gasteiger partial charge in [0.15, 0.2) is 0 Å². The van der Waals surface area contributed by atoms with Crippen molar-refractivity contribution in [1.82, 2.24) is 10.2 Å². The predicted octanol–water partition coefficient (Wildman–Crippen LogP) is 2.88. The molecule has 1 aliphatic heterocycles. The van der Waals surface area contributed by atoms with Gasteiger partial charge >= 0.3 is 5.97 Å². The second kappa shape index (κ2) is 10.7. The number of piperazine rings is 1. The van der Waals surface area contributed by atoms with E-state index in [1.54, 1.807) is 0 Å². The predicted molar refractivity (Wildman–Crippen MR) is 145 cm³/mol. The van der Waals surface area contributed by atoms with E-state index in [1.165, 1.54) is 12.0 Å². The lowest BCUT2D eigenvalue weighted by molar-refractivity contribution is -0.166. The van der Waals surface area contributed by atoms with Crippen molar-refractivity contribution in [2.75, 3.05) is 20.2 Å². The Balaban J connectivity index is 1.28. The smallest absolute Gasteiger partial charge is 0.308 e. The van der Waals surface area contributed by atoms with Crippen LogP contribution < -0.4 is 5.32 Å². The fourth-order valence-electron chi connectivity index (χ4n) is 9.54. The summed E-state index contributed by atoms with van der Waals surface area (Å²) in [5.74, 6) is -0.177. The molecule has 0 aromatic carbocycles. The molecule has 220 valence electrons. The molecule has 40 heavy (non-hydrogen) atoms. The topological polar surface area (TPSA) is 127 Å². The molecule has 1 saturated heterocycles. The van der Waals surface area contributed by atoms with Crippen LogP contribution in [0.25, 0.3) is 0 Å². The fraction of sp³-hybridized carbons (Fsp3) is 0.806. The third-order valence-electron chi connectivity index (χ3n) is 12.0. The van der Waals surface area contributed by atoms with Crippen molar-refractivity contribution in [2.24, 2.45) is 46.3 Å². The molecular formula is C31H44N2O7. The second-order valence-electron chi connectivity index (χ2n) is 13.6. The van der Waals surface area contributed by atoms with Crippen LogP contribution in [0.15, 0.2) is 0 Å². The maximum atomic E-state index is 14.0. The quantitative estimate of drug-likeness (QED) is 0.499. The van der Waals surface area contributed by atoms with Gasteiger partial charge in [-0.15, -0.1) is 0 Å². The lowest BCUT2D eigenvalue weighted by atomic mass is 9.44. The van der Waals surface area contributed by atoms with Crippen molar-refractivity contribution in [1.29, 1.82) is 0 Å². The Morgan fingerprint density at radius 3 is 2.55 bits per heavy atom. The summed E-state index contributed by atoms with van der Waals surface area (Å²) in [4.78, 5) is 78.8. The van der Waals surface area contributed by atoms with Gasteiger partial charge in [-0.1, -0.05) is 20.8 Å². The highest BCUT2D eigenvalue weighted by Gasteiger charge is 2.66. The van der Waals surface area contributed by atoms with E-state index in [2.05, 4.69) is 26.1 Å². The number of ketones is 3. The summed E-state index contributed by atoms with van der Waals surface area (Å²) in [6.07, 6.45) is 4.98. The first-order chi connectivity index (χ1) is 18.9. The summed E-state index contributed by atoms with van der Waals surface area (Å²) >= 11 is 0. The van der Waals surface area contributed by atoms with Gasteiger partial charge in [0.2, 0.25) is 11.8 Å². The highest BCUT2D eigenvalue weighted by molar-refractivity contribution is 5.93. The first kappa shape index (κ1) is 28.9. The monoisotopic (exact) mass is 556 g/mol. The molecule has 0 aromatic rings. The summed E-state index contributed by atoms with van der Waals surface area (Å²) in [5, 5.41) is 2.72. The molecule has 2 unspecified atom stereocenters. The van der Waals surface area contributed by atoms with Crippen LogP contribution in [-0.2, 0) is 33.5 Å². The minimum atomic E-state index is -0.869. The molecule has 9 atom stereocenters. The Morgan fingerprint density at radius 1 is 1.07 bits per heavy atom. The van der Waals surface area contributed by atoms with Crippen LogP contribution in [0.4, 0.5) is 0 Å². The lowest BCUT2D eigenvalue weighted by Crippen LogP contribution is -2.60. The summed E-state index contributed by atoms with van der Waals surface area (Å²) in [7, 11) is 1.26. The van der Waals surface area contributed by atoms with Crippen molar-refractivity contribution < 1.29 is 33.5 Å². The summed E-state index contributed by atoms with van der Waals surface area (Å²) in [6, 6.07) is -0.869. The number of nitrogens with zero attached hydrogens (tertiary/aromatic N) is 1. The van der Waals surface area contributed by atoms with Gasteiger partial charge in [-0.05, 0) is 60.7 Å². The maximum Gasteiger partial charge on any atom is 0.308 e. The van der Waals surface area contributed by atoms with Gasteiger partial charge in [0.05, 0.1) is 13.5 Å². The minimum Gasteiger partial charge on any atom is -0.469 e. The number of hydrogen-bond acceptors (Lipinski definition) is 7. The fourth-order valence-corrected chi connectivity index (χ4v) is 9.54. The molecule has 4 saturated carbocycles. The molecule has 0 radical (unpaired) electrons. The van der Waals surface area contributed by atoms with E-state index in [0.717, 1.165) is 19.3 Å². The average Bonchev–Trinajstić information content (AvgIpc) is 3.28. The highest BCUT2D eigenvalue weighted by Crippen LogP contribution is 2.66. The summed E-state index contributed by atoms with van der Waals surface area (Å²) in [6.45, 7) is 7.09. The number of esters is 1. The number of ether oxygens (including phenoxy) is 1. The van der Waals surface area contributed by atoms with Crippen LogP contribution in [-0.4, -0.2) is 66.3 Å². The number of carbonyl (C=O) groups is 6. The lowest BCUT2D eigenvalue weighted by Gasteiger charge is -2.58. The van der Waals surface area contributed by atoms with E-state index in [-0.39, 0.29) is 82.9 Å². The number of rotatable bonds is 6. The molecule has 0 aromatic heterocycles. The van der Waals surface area contributed by atoms with Crippen molar-refractivity contribution >= 4 is 35.1 Å². The highest BCUT2D eigenvalue weighted by atomic mass is 16.5. The third kappa shape index (κ3) is 4.61. The molecule has 2 amide bonds. The van der Waals surface area contributed by atoms with Gasteiger partial charge in [0.25, 0.3) is 0 Å². The number of fused-ring (bicyclic) bond motifs is 5. The molecule has 0 bridgehead atoms. The zero-order chi connectivity index (χ0) is 29.0. The van der Waals surface area contributed by atoms with E-state index in [0.29, 0.717) is 45.2 Å². The Kier molecular flexibility index (Phi) is 7.72. The van der Waals surface area contributed by atoms with Gasteiger partial charge in [-0.3, -0.25) is 28.8 Å². The van der Waals surface area contributed by atoms with Gasteiger partial charge in [-0.25, -0.2) is 0 Å². The minimum absolute atomic E-state index is 0.0139.